The van der Waals surface area contributed by atoms with Gasteiger partial charge in [0.1, 0.15) is 0 Å². The highest BCUT2D eigenvalue weighted by Gasteiger charge is 2.25. The Morgan fingerprint density at radius 3 is 2.29 bits per heavy atom. The summed E-state index contributed by atoms with van der Waals surface area (Å²) >= 11 is 0. The summed E-state index contributed by atoms with van der Waals surface area (Å²) < 4.78 is 10.9. The molecule has 1 aromatic carbocycles. The lowest BCUT2D eigenvalue weighted by Crippen LogP contribution is -2.41. The molecule has 24 heavy (non-hydrogen) atoms. The number of ketones is 1. The van der Waals surface area contributed by atoms with Crippen LogP contribution in [0, 0.1) is 0 Å². The van der Waals surface area contributed by atoms with Gasteiger partial charge in [-0.05, 0) is 44.6 Å². The molecule has 0 aliphatic rings. The molecule has 0 saturated heterocycles. The standard InChI is InChI=1S/C19H31NO3.ClH/c1-6-10-11-16(20(7-2)8-3)19(21)15-12-13-17(22-5)18(14-15)23-9-4;/h12-14,16H,6-11H2,1-5H3;1H. The molecule has 1 aromatic rings. The molecule has 1 rings (SSSR count). The van der Waals surface area contributed by atoms with Gasteiger partial charge >= 0.3 is 0 Å². The Kier molecular flexibility index (Phi) is 11.5. The average Bonchev–Trinajstić information content (AvgIpc) is 2.58. The zero-order valence-electron chi connectivity index (χ0n) is 15.6. The molecule has 1 atom stereocenters. The summed E-state index contributed by atoms with van der Waals surface area (Å²) in [7, 11) is 1.61. The Bertz CT molecular complexity index is 490. The van der Waals surface area contributed by atoms with Crippen molar-refractivity contribution in [3.63, 3.8) is 0 Å². The van der Waals surface area contributed by atoms with E-state index in [0.717, 1.165) is 32.4 Å². The number of benzene rings is 1. The van der Waals surface area contributed by atoms with E-state index < -0.39 is 0 Å². The first kappa shape index (κ1) is 22.7. The van der Waals surface area contributed by atoms with E-state index in [2.05, 4.69) is 25.7 Å². The van der Waals surface area contributed by atoms with Gasteiger partial charge in [0, 0.05) is 5.56 Å². The Balaban J connectivity index is 0.00000529. The molecule has 0 aromatic heterocycles. The molecular weight excluding hydrogens is 326 g/mol. The lowest BCUT2D eigenvalue weighted by molar-refractivity contribution is 0.0816. The highest BCUT2D eigenvalue weighted by molar-refractivity contribution is 6.00. The number of unbranched alkanes of at least 4 members (excludes halogenated alkanes) is 1. The van der Waals surface area contributed by atoms with Crippen LogP contribution < -0.4 is 9.47 Å². The van der Waals surface area contributed by atoms with Gasteiger partial charge in [0.25, 0.3) is 0 Å². The molecule has 0 saturated carbocycles. The first-order valence-corrected chi connectivity index (χ1v) is 8.71. The van der Waals surface area contributed by atoms with Crippen molar-refractivity contribution in [1.29, 1.82) is 0 Å². The second-order valence-electron chi connectivity index (χ2n) is 5.54. The predicted octanol–water partition coefficient (Wildman–Crippen LogP) is 4.60. The number of methoxy groups -OCH3 is 1. The second-order valence-corrected chi connectivity index (χ2v) is 5.54. The van der Waals surface area contributed by atoms with Crippen molar-refractivity contribution in [2.75, 3.05) is 26.8 Å². The number of hydrogen-bond acceptors (Lipinski definition) is 4. The molecule has 0 amide bonds. The maximum absolute atomic E-state index is 13.0. The van der Waals surface area contributed by atoms with E-state index in [4.69, 9.17) is 9.47 Å². The van der Waals surface area contributed by atoms with E-state index >= 15 is 0 Å². The van der Waals surface area contributed by atoms with Gasteiger partial charge in [-0.3, -0.25) is 9.69 Å². The van der Waals surface area contributed by atoms with Crippen LogP contribution in [0.15, 0.2) is 18.2 Å². The summed E-state index contributed by atoms with van der Waals surface area (Å²) in [6, 6.07) is 5.41. The number of carbonyl (C=O) groups excluding carboxylic acids is 1. The van der Waals surface area contributed by atoms with Crippen molar-refractivity contribution < 1.29 is 14.3 Å². The van der Waals surface area contributed by atoms with E-state index in [9.17, 15) is 4.79 Å². The molecule has 0 radical (unpaired) electrons. The molecule has 0 spiro atoms. The third-order valence-corrected chi connectivity index (χ3v) is 4.13. The van der Waals surface area contributed by atoms with Crippen molar-refractivity contribution in [3.05, 3.63) is 23.8 Å². The Morgan fingerprint density at radius 2 is 1.79 bits per heavy atom. The van der Waals surface area contributed by atoms with Crippen LogP contribution in [-0.4, -0.2) is 43.5 Å². The van der Waals surface area contributed by atoms with E-state index in [1.54, 1.807) is 7.11 Å². The number of carbonyl (C=O) groups is 1. The largest absolute Gasteiger partial charge is 0.493 e. The maximum Gasteiger partial charge on any atom is 0.180 e. The summed E-state index contributed by atoms with van der Waals surface area (Å²) in [5.74, 6) is 1.47. The normalized spacial score (nSPS) is 11.8. The summed E-state index contributed by atoms with van der Waals surface area (Å²) in [6.07, 6.45) is 3.05. The van der Waals surface area contributed by atoms with Crippen LogP contribution in [0.5, 0.6) is 11.5 Å². The van der Waals surface area contributed by atoms with Gasteiger partial charge < -0.3 is 9.47 Å². The molecule has 0 heterocycles. The summed E-state index contributed by atoms with van der Waals surface area (Å²) in [5.41, 5.74) is 0.697. The van der Waals surface area contributed by atoms with Crippen molar-refractivity contribution in [1.82, 2.24) is 4.90 Å². The Morgan fingerprint density at radius 1 is 1.12 bits per heavy atom. The van der Waals surface area contributed by atoms with Gasteiger partial charge in [-0.25, -0.2) is 0 Å². The zero-order valence-corrected chi connectivity index (χ0v) is 16.4. The van der Waals surface area contributed by atoms with Gasteiger partial charge in [0.15, 0.2) is 17.3 Å². The van der Waals surface area contributed by atoms with Gasteiger partial charge in [-0.2, -0.15) is 0 Å². The van der Waals surface area contributed by atoms with Gasteiger partial charge in [0.2, 0.25) is 0 Å². The lowest BCUT2D eigenvalue weighted by atomic mass is 9.97. The fourth-order valence-corrected chi connectivity index (χ4v) is 2.83. The molecule has 0 aliphatic carbocycles. The van der Waals surface area contributed by atoms with Crippen LogP contribution in [0.2, 0.25) is 0 Å². The summed E-state index contributed by atoms with van der Waals surface area (Å²) in [6.45, 7) is 10.6. The van der Waals surface area contributed by atoms with Crippen LogP contribution in [0.1, 0.15) is 57.3 Å². The fraction of sp³-hybridized carbons (Fsp3) is 0.632. The molecule has 5 heteroatoms. The van der Waals surface area contributed by atoms with E-state index in [0.29, 0.717) is 23.7 Å². The molecular formula is C19H32ClNO3. The highest BCUT2D eigenvalue weighted by Crippen LogP contribution is 2.29. The molecule has 0 N–H and O–H groups in total. The SMILES string of the molecule is CCCCC(C(=O)c1ccc(OC)c(OCC)c1)N(CC)CC.Cl. The van der Waals surface area contributed by atoms with Crippen LogP contribution in [0.4, 0.5) is 0 Å². The van der Waals surface area contributed by atoms with Crippen LogP contribution >= 0.6 is 12.4 Å². The monoisotopic (exact) mass is 357 g/mol. The number of nitrogens with zero attached hydrogens (tertiary/aromatic N) is 1. The topological polar surface area (TPSA) is 38.8 Å². The molecule has 0 bridgehead atoms. The van der Waals surface area contributed by atoms with Crippen LogP contribution in [0.3, 0.4) is 0 Å². The van der Waals surface area contributed by atoms with Crippen LogP contribution in [0.25, 0.3) is 0 Å². The minimum Gasteiger partial charge on any atom is -0.493 e. The average molecular weight is 358 g/mol. The number of Topliss-reactive ketones (excluding diaryl/α,β-unsaturated/α-hetero) is 1. The first-order valence-electron chi connectivity index (χ1n) is 8.71. The maximum atomic E-state index is 13.0. The second kappa shape index (κ2) is 12.2. The van der Waals surface area contributed by atoms with Gasteiger partial charge in [0.05, 0.1) is 19.8 Å². The fourth-order valence-electron chi connectivity index (χ4n) is 2.83. The third kappa shape index (κ3) is 5.99. The molecule has 1 unspecified atom stereocenters. The van der Waals surface area contributed by atoms with Crippen molar-refractivity contribution in [2.45, 2.75) is 53.0 Å². The first-order chi connectivity index (χ1) is 11.1. The lowest BCUT2D eigenvalue weighted by Gasteiger charge is -2.28. The van der Waals surface area contributed by atoms with Crippen LogP contribution in [-0.2, 0) is 0 Å². The summed E-state index contributed by atoms with van der Waals surface area (Å²) in [4.78, 5) is 15.3. The van der Waals surface area contributed by atoms with Gasteiger partial charge in [-0.1, -0.05) is 33.6 Å². The quantitative estimate of drug-likeness (QED) is 0.542. The van der Waals surface area contributed by atoms with E-state index in [1.165, 1.54) is 0 Å². The number of likely N-dealkylation sites (N-methyl/N-ethyl adjacent to an activating group) is 1. The number of halogens is 1. The molecule has 4 nitrogen and oxygen atoms in total. The third-order valence-electron chi connectivity index (χ3n) is 4.13. The van der Waals surface area contributed by atoms with E-state index in [-0.39, 0.29) is 24.2 Å². The van der Waals surface area contributed by atoms with E-state index in [1.807, 2.05) is 25.1 Å². The van der Waals surface area contributed by atoms with Crippen molar-refractivity contribution in [2.24, 2.45) is 0 Å². The smallest absolute Gasteiger partial charge is 0.180 e. The highest BCUT2D eigenvalue weighted by atomic mass is 35.5. The minimum absolute atomic E-state index is 0. The molecule has 0 fully saturated rings. The minimum atomic E-state index is -0.0622. The Hall–Kier alpha value is -1.26. The van der Waals surface area contributed by atoms with Gasteiger partial charge in [-0.15, -0.1) is 12.4 Å². The predicted molar refractivity (Wildman–Crippen MR) is 102 cm³/mol. The summed E-state index contributed by atoms with van der Waals surface area (Å²) in [5, 5.41) is 0. The number of rotatable bonds is 11. The number of ether oxygens (including phenoxy) is 2. The van der Waals surface area contributed by atoms with Crippen molar-refractivity contribution >= 4 is 18.2 Å². The zero-order chi connectivity index (χ0) is 17.2. The Labute approximate surface area is 152 Å². The molecule has 0 aliphatic heterocycles. The van der Waals surface area contributed by atoms with Crippen molar-refractivity contribution in [3.8, 4) is 11.5 Å². The molecule has 138 valence electrons. The number of hydrogen-bond donors (Lipinski definition) is 0.